The maximum absolute atomic E-state index is 5.46. The second kappa shape index (κ2) is 4.59. The van der Waals surface area contributed by atoms with E-state index >= 15 is 0 Å². The third-order valence-corrected chi connectivity index (χ3v) is 3.26. The number of nitrogens with two attached hydrogens (primary N) is 1. The van der Waals surface area contributed by atoms with Gasteiger partial charge in [0.15, 0.2) is 0 Å². The molecule has 0 radical (unpaired) electrons. The molecular weight excluding hydrogens is 208 g/mol. The molecule has 0 bridgehead atoms. The normalized spacial score (nSPS) is 10.8. The molecule has 0 atom stereocenters. The van der Waals surface area contributed by atoms with Gasteiger partial charge < -0.3 is 10.5 Å². The Morgan fingerprint density at radius 1 is 1.47 bits per heavy atom. The van der Waals surface area contributed by atoms with Crippen molar-refractivity contribution in [2.75, 3.05) is 13.2 Å². The van der Waals surface area contributed by atoms with Crippen LogP contribution in [0.25, 0.3) is 10.2 Å². The lowest BCUT2D eigenvalue weighted by molar-refractivity contribution is 0.329. The van der Waals surface area contributed by atoms with Crippen LogP contribution in [0.1, 0.15) is 11.9 Å². The molecule has 0 aliphatic rings. The number of nitrogens with zero attached hydrogens (tertiary/aromatic N) is 1. The molecule has 0 saturated heterocycles. The van der Waals surface area contributed by atoms with E-state index < -0.39 is 0 Å². The molecule has 0 saturated carbocycles. The number of fused-ring (bicyclic) bond motifs is 1. The van der Waals surface area contributed by atoms with E-state index in [9.17, 15) is 0 Å². The molecule has 0 amide bonds. The van der Waals surface area contributed by atoms with Crippen LogP contribution in [-0.2, 0) is 6.42 Å². The van der Waals surface area contributed by atoms with E-state index in [-0.39, 0.29) is 0 Å². The maximum atomic E-state index is 5.46. The molecule has 0 fully saturated rings. The van der Waals surface area contributed by atoms with Crippen molar-refractivity contribution in [3.05, 3.63) is 23.2 Å². The molecular formula is C11H14N2OS. The first-order valence-electron chi connectivity index (χ1n) is 5.06. The minimum absolute atomic E-state index is 0.543. The van der Waals surface area contributed by atoms with Gasteiger partial charge in [0.1, 0.15) is 12.4 Å². The third-order valence-electron chi connectivity index (χ3n) is 2.09. The molecule has 0 aliphatic carbocycles. The molecule has 1 aromatic carbocycles. The number of hydrogen-bond acceptors (Lipinski definition) is 4. The quantitative estimate of drug-likeness (QED) is 0.862. The molecule has 15 heavy (non-hydrogen) atoms. The van der Waals surface area contributed by atoms with Crippen molar-refractivity contribution in [3.63, 3.8) is 0 Å². The Hall–Kier alpha value is -1.13. The van der Waals surface area contributed by atoms with Gasteiger partial charge in [-0.25, -0.2) is 4.98 Å². The average molecular weight is 222 g/mol. The van der Waals surface area contributed by atoms with Crippen molar-refractivity contribution in [2.45, 2.75) is 13.3 Å². The Morgan fingerprint density at radius 3 is 3.07 bits per heavy atom. The van der Waals surface area contributed by atoms with Crippen molar-refractivity contribution in [3.8, 4) is 5.75 Å². The van der Waals surface area contributed by atoms with Gasteiger partial charge in [-0.15, -0.1) is 11.3 Å². The van der Waals surface area contributed by atoms with Crippen LogP contribution >= 0.6 is 11.3 Å². The van der Waals surface area contributed by atoms with E-state index in [1.165, 1.54) is 9.71 Å². The number of aromatic nitrogens is 1. The standard InChI is InChI=1S/C11H14N2OS/c1-2-11-13-9-4-3-8(14-6-5-12)7-10(9)15-11/h3-4,7H,2,5-6,12H2,1H3. The Morgan fingerprint density at radius 2 is 2.33 bits per heavy atom. The average Bonchev–Trinajstić information content (AvgIpc) is 2.68. The van der Waals surface area contributed by atoms with E-state index in [1.54, 1.807) is 11.3 Å². The van der Waals surface area contributed by atoms with Crippen LogP contribution in [0.5, 0.6) is 5.75 Å². The Bertz CT molecular complexity index is 453. The lowest BCUT2D eigenvalue weighted by Gasteiger charge is -2.02. The summed E-state index contributed by atoms with van der Waals surface area (Å²) in [5.41, 5.74) is 6.43. The Kier molecular flexibility index (Phi) is 3.18. The predicted octanol–water partition coefficient (Wildman–Crippen LogP) is 2.20. The molecule has 2 aromatic rings. The number of thiazole rings is 1. The molecule has 1 heterocycles. The minimum Gasteiger partial charge on any atom is -0.492 e. The second-order valence-electron chi connectivity index (χ2n) is 3.23. The molecule has 0 spiro atoms. The molecule has 0 aliphatic heterocycles. The number of aryl methyl sites for hydroxylation is 1. The highest BCUT2D eigenvalue weighted by atomic mass is 32.1. The summed E-state index contributed by atoms with van der Waals surface area (Å²) in [6, 6.07) is 5.97. The fourth-order valence-electron chi connectivity index (χ4n) is 1.37. The zero-order valence-electron chi connectivity index (χ0n) is 8.69. The predicted molar refractivity (Wildman–Crippen MR) is 63.5 cm³/mol. The van der Waals surface area contributed by atoms with Crippen molar-refractivity contribution in [1.29, 1.82) is 0 Å². The van der Waals surface area contributed by atoms with Gasteiger partial charge >= 0.3 is 0 Å². The van der Waals surface area contributed by atoms with Gasteiger partial charge in [0.05, 0.1) is 15.2 Å². The van der Waals surface area contributed by atoms with E-state index in [2.05, 4.69) is 11.9 Å². The van der Waals surface area contributed by atoms with Crippen molar-refractivity contribution < 1.29 is 4.74 Å². The molecule has 2 N–H and O–H groups in total. The fourth-order valence-corrected chi connectivity index (χ4v) is 2.31. The fraction of sp³-hybridized carbons (Fsp3) is 0.364. The van der Waals surface area contributed by atoms with Gasteiger partial charge in [0.25, 0.3) is 0 Å². The van der Waals surface area contributed by atoms with Gasteiger partial charge in [-0.3, -0.25) is 0 Å². The van der Waals surface area contributed by atoms with Crippen molar-refractivity contribution in [2.24, 2.45) is 5.73 Å². The van der Waals surface area contributed by atoms with Gasteiger partial charge in [-0.1, -0.05) is 6.92 Å². The lowest BCUT2D eigenvalue weighted by Crippen LogP contribution is -2.10. The summed E-state index contributed by atoms with van der Waals surface area (Å²) >= 11 is 1.72. The summed E-state index contributed by atoms with van der Waals surface area (Å²) in [5.74, 6) is 0.874. The zero-order chi connectivity index (χ0) is 10.7. The summed E-state index contributed by atoms with van der Waals surface area (Å²) in [4.78, 5) is 4.49. The SMILES string of the molecule is CCc1nc2ccc(OCCN)cc2s1. The number of hydrogen-bond donors (Lipinski definition) is 1. The Labute approximate surface area is 92.9 Å². The van der Waals surface area contributed by atoms with Crippen molar-refractivity contribution >= 4 is 21.6 Å². The lowest BCUT2D eigenvalue weighted by atomic mass is 10.3. The van der Waals surface area contributed by atoms with Crippen LogP contribution in [0.4, 0.5) is 0 Å². The van der Waals surface area contributed by atoms with E-state index in [0.717, 1.165) is 17.7 Å². The monoisotopic (exact) mass is 222 g/mol. The highest BCUT2D eigenvalue weighted by Gasteiger charge is 2.03. The van der Waals surface area contributed by atoms with Crippen LogP contribution in [0.15, 0.2) is 18.2 Å². The van der Waals surface area contributed by atoms with Crippen molar-refractivity contribution in [1.82, 2.24) is 4.98 Å². The number of ether oxygens (including phenoxy) is 1. The molecule has 0 unspecified atom stereocenters. The number of benzene rings is 1. The van der Waals surface area contributed by atoms with E-state index in [4.69, 9.17) is 10.5 Å². The summed E-state index contributed by atoms with van der Waals surface area (Å²) < 4.78 is 6.64. The largest absolute Gasteiger partial charge is 0.492 e. The van der Waals surface area contributed by atoms with Crippen LogP contribution in [0.3, 0.4) is 0 Å². The van der Waals surface area contributed by atoms with Crippen LogP contribution in [-0.4, -0.2) is 18.1 Å². The molecule has 2 rings (SSSR count). The van der Waals surface area contributed by atoms with Gasteiger partial charge in [-0.2, -0.15) is 0 Å². The molecule has 1 aromatic heterocycles. The van der Waals surface area contributed by atoms with Crippen LogP contribution in [0.2, 0.25) is 0 Å². The smallest absolute Gasteiger partial charge is 0.120 e. The van der Waals surface area contributed by atoms with Gasteiger partial charge in [0.2, 0.25) is 0 Å². The first-order valence-corrected chi connectivity index (χ1v) is 5.87. The van der Waals surface area contributed by atoms with Gasteiger partial charge in [-0.05, 0) is 24.6 Å². The van der Waals surface area contributed by atoms with Crippen LogP contribution < -0.4 is 10.5 Å². The summed E-state index contributed by atoms with van der Waals surface area (Å²) in [7, 11) is 0. The van der Waals surface area contributed by atoms with Gasteiger partial charge in [0, 0.05) is 6.54 Å². The topological polar surface area (TPSA) is 48.1 Å². The highest BCUT2D eigenvalue weighted by molar-refractivity contribution is 7.18. The second-order valence-corrected chi connectivity index (χ2v) is 4.34. The number of rotatable bonds is 4. The first kappa shape index (κ1) is 10.4. The zero-order valence-corrected chi connectivity index (χ0v) is 9.51. The molecule has 3 nitrogen and oxygen atoms in total. The Balaban J connectivity index is 2.29. The third kappa shape index (κ3) is 2.27. The molecule has 80 valence electrons. The van der Waals surface area contributed by atoms with Crippen LogP contribution in [0, 0.1) is 0 Å². The summed E-state index contributed by atoms with van der Waals surface area (Å²) in [5, 5.41) is 1.17. The van der Waals surface area contributed by atoms with E-state index in [0.29, 0.717) is 13.2 Å². The maximum Gasteiger partial charge on any atom is 0.120 e. The summed E-state index contributed by atoms with van der Waals surface area (Å²) in [6.07, 6.45) is 0.984. The minimum atomic E-state index is 0.543. The first-order chi connectivity index (χ1) is 7.33. The summed E-state index contributed by atoms with van der Waals surface area (Å²) in [6.45, 7) is 3.22. The molecule has 4 heteroatoms. The van der Waals surface area contributed by atoms with E-state index in [1.807, 2.05) is 18.2 Å². The highest BCUT2D eigenvalue weighted by Crippen LogP contribution is 2.26.